The highest BCUT2D eigenvalue weighted by molar-refractivity contribution is 5.22. The molecule has 2 rings (SSSR count). The molecule has 0 amide bonds. The van der Waals surface area contributed by atoms with E-state index in [-0.39, 0.29) is 0 Å². The molecule has 0 atom stereocenters. The Morgan fingerprint density at radius 3 is 2.17 bits per heavy atom. The van der Waals surface area contributed by atoms with Gasteiger partial charge in [-0.1, -0.05) is 13.8 Å². The van der Waals surface area contributed by atoms with E-state index in [0.29, 0.717) is 5.92 Å². The molecule has 102 valence electrons. The van der Waals surface area contributed by atoms with E-state index in [1.807, 2.05) is 0 Å². The summed E-state index contributed by atoms with van der Waals surface area (Å²) in [7, 11) is -4.94. The number of hydrogen-bond donors (Lipinski definition) is 0. The van der Waals surface area contributed by atoms with Gasteiger partial charge in [0.05, 0.1) is 17.9 Å². The van der Waals surface area contributed by atoms with Crippen LogP contribution in [-0.4, -0.2) is 0 Å². The number of halogens is 1. The minimum Gasteiger partial charge on any atom is -0.222 e. The van der Waals surface area contributed by atoms with Crippen LogP contribution >= 0.6 is 0 Å². The summed E-state index contributed by atoms with van der Waals surface area (Å²) in [6.45, 7) is 4.35. The van der Waals surface area contributed by atoms with Crippen LogP contribution in [0.15, 0.2) is 16.5 Å². The van der Waals surface area contributed by atoms with Gasteiger partial charge >= 0.3 is 11.5 Å². The molecule has 0 unspecified atom stereocenters. The number of hydrogen-bond acceptors (Lipinski definition) is 4. The Morgan fingerprint density at radius 1 is 1.06 bits per heavy atom. The summed E-state index contributed by atoms with van der Waals surface area (Å²) in [5.41, 5.74) is 1.43. The molecule has 0 aliphatic heterocycles. The second kappa shape index (κ2) is 6.45. The van der Waals surface area contributed by atoms with Crippen molar-refractivity contribution in [1.29, 1.82) is 0 Å². The quantitative estimate of drug-likeness (QED) is 0.600. The zero-order valence-corrected chi connectivity index (χ0v) is 11.2. The molecule has 1 aromatic heterocycles. The Hall–Kier alpha value is -0.720. The van der Waals surface area contributed by atoms with Crippen molar-refractivity contribution in [2.24, 2.45) is 0 Å². The summed E-state index contributed by atoms with van der Waals surface area (Å²) >= 11 is 0. The minimum atomic E-state index is -4.94. The van der Waals surface area contributed by atoms with Crippen LogP contribution in [0.4, 0.5) is 0 Å². The van der Waals surface area contributed by atoms with Crippen LogP contribution in [0.25, 0.3) is 0 Å². The molecule has 6 heteroatoms. The molecule has 1 aliphatic carbocycles. The van der Waals surface area contributed by atoms with E-state index in [9.17, 15) is 0 Å². The molecule has 1 aliphatic rings. The van der Waals surface area contributed by atoms with Crippen molar-refractivity contribution < 1.29 is 33.3 Å². The van der Waals surface area contributed by atoms with Gasteiger partial charge in [-0.2, -0.15) is 0 Å². The maximum atomic E-state index is 8.49. The number of aryl methyl sites for hydroxylation is 2. The van der Waals surface area contributed by atoms with Gasteiger partial charge in [-0.05, 0) is 25.3 Å². The summed E-state index contributed by atoms with van der Waals surface area (Å²) in [4.78, 5) is 0. The maximum Gasteiger partial charge on any atom is 0.332 e. The molecule has 0 spiro atoms. The van der Waals surface area contributed by atoms with Gasteiger partial charge in [0.1, 0.15) is 0 Å². The van der Waals surface area contributed by atoms with E-state index < -0.39 is 10.2 Å². The van der Waals surface area contributed by atoms with E-state index >= 15 is 0 Å². The topological polar surface area (TPSA) is 104 Å². The second-order valence-corrected chi connectivity index (χ2v) is 5.28. The third kappa shape index (κ3) is 5.75. The highest BCUT2D eigenvalue weighted by Gasteiger charge is 2.23. The Bertz CT molecular complexity index is 381. The Kier molecular flexibility index (Phi) is 5.49. The van der Waals surface area contributed by atoms with Crippen LogP contribution in [0.3, 0.4) is 0 Å². The average Bonchev–Trinajstić information content (AvgIpc) is 2.26. The third-order valence-corrected chi connectivity index (χ3v) is 2.72. The van der Waals surface area contributed by atoms with Crippen molar-refractivity contribution in [3.8, 4) is 0 Å². The summed E-state index contributed by atoms with van der Waals surface area (Å²) < 4.78 is 39.8. The Labute approximate surface area is 108 Å². The SMILES string of the molecule is CC(C)c1ccc2c([o+]1)CCCC2.[O-][Cl+3]([O-])([O-])[O-]. The lowest BCUT2D eigenvalue weighted by molar-refractivity contribution is -2.00. The molecule has 18 heavy (non-hydrogen) atoms. The third-order valence-electron chi connectivity index (χ3n) is 2.72. The van der Waals surface area contributed by atoms with Crippen molar-refractivity contribution >= 4 is 0 Å². The fourth-order valence-electron chi connectivity index (χ4n) is 1.86. The van der Waals surface area contributed by atoms with Gasteiger partial charge in [0.25, 0.3) is 0 Å². The van der Waals surface area contributed by atoms with Gasteiger partial charge in [-0.3, -0.25) is 0 Å². The van der Waals surface area contributed by atoms with Crippen LogP contribution in [0.5, 0.6) is 0 Å². The normalized spacial score (nSPS) is 14.8. The summed E-state index contributed by atoms with van der Waals surface area (Å²) in [5.74, 6) is 2.87. The predicted molar refractivity (Wildman–Crippen MR) is 53.8 cm³/mol. The van der Waals surface area contributed by atoms with E-state index in [1.165, 1.54) is 30.6 Å². The number of rotatable bonds is 1. The summed E-state index contributed by atoms with van der Waals surface area (Å²) in [5, 5.41) is 0. The lowest BCUT2D eigenvalue weighted by atomic mass is 9.96. The lowest BCUT2D eigenvalue weighted by Gasteiger charge is -2.17. The lowest BCUT2D eigenvalue weighted by Crippen LogP contribution is -2.68. The van der Waals surface area contributed by atoms with Gasteiger partial charge in [-0.25, -0.2) is 23.1 Å². The van der Waals surface area contributed by atoms with Gasteiger partial charge in [-0.15, -0.1) is 10.2 Å². The molecule has 0 bridgehead atoms. The first-order valence-electron chi connectivity index (χ1n) is 5.84. The zero-order valence-electron chi connectivity index (χ0n) is 10.5. The van der Waals surface area contributed by atoms with Crippen LogP contribution in [-0.2, 0) is 12.8 Å². The van der Waals surface area contributed by atoms with Crippen LogP contribution in [0.1, 0.15) is 49.7 Å². The van der Waals surface area contributed by atoms with Crippen molar-refractivity contribution in [2.45, 2.75) is 45.4 Å². The fourth-order valence-corrected chi connectivity index (χ4v) is 1.86. The van der Waals surface area contributed by atoms with Gasteiger partial charge < -0.3 is 0 Å². The predicted octanol–water partition coefficient (Wildman–Crippen LogP) is -1.19. The molecule has 5 nitrogen and oxygen atoms in total. The molecule has 1 heterocycles. The molecule has 0 N–H and O–H groups in total. The first kappa shape index (κ1) is 15.3. The van der Waals surface area contributed by atoms with Gasteiger partial charge in [0.2, 0.25) is 0 Å². The van der Waals surface area contributed by atoms with Crippen molar-refractivity contribution in [3.63, 3.8) is 0 Å². The van der Waals surface area contributed by atoms with Gasteiger partial charge in [0.15, 0.2) is 0 Å². The molecule has 0 fully saturated rings. The first-order chi connectivity index (χ1) is 8.27. The summed E-state index contributed by atoms with van der Waals surface area (Å²) in [6.07, 6.45) is 4.95. The molecule has 0 saturated heterocycles. The fraction of sp³-hybridized carbons (Fsp3) is 0.583. The highest BCUT2D eigenvalue weighted by Crippen LogP contribution is 2.25. The molecule has 0 radical (unpaired) electrons. The van der Waals surface area contributed by atoms with E-state index in [1.54, 1.807) is 0 Å². The highest BCUT2D eigenvalue weighted by atomic mass is 35.7. The molecule has 0 saturated carbocycles. The minimum absolute atomic E-state index is 0.507. The van der Waals surface area contributed by atoms with Crippen molar-refractivity contribution in [2.75, 3.05) is 0 Å². The first-order valence-corrected chi connectivity index (χ1v) is 7.07. The average molecular weight is 277 g/mol. The molecular weight excluding hydrogens is 260 g/mol. The van der Waals surface area contributed by atoms with Crippen molar-refractivity contribution in [1.82, 2.24) is 0 Å². The molecule has 0 aromatic carbocycles. The largest absolute Gasteiger partial charge is 0.332 e. The smallest absolute Gasteiger partial charge is 0.222 e. The van der Waals surface area contributed by atoms with E-state index in [0.717, 1.165) is 12.2 Å². The zero-order chi connectivity index (χ0) is 13.8. The van der Waals surface area contributed by atoms with Gasteiger partial charge in [0, 0.05) is 6.07 Å². The standard InChI is InChI=1S/C12H17O.ClHO4/c1-9(2)11-8-7-10-5-3-4-6-12(10)13-11;2-1(3,4)5/h7-9H,3-6H2,1-2H3;(H,2,3,4,5)/q+1;/p-1. The van der Waals surface area contributed by atoms with Crippen LogP contribution < -0.4 is 18.6 Å². The Morgan fingerprint density at radius 2 is 1.61 bits per heavy atom. The van der Waals surface area contributed by atoms with E-state index in [2.05, 4.69) is 26.0 Å². The molecular formula is C12H17ClO5. The Balaban J connectivity index is 0.000000280. The van der Waals surface area contributed by atoms with Crippen LogP contribution in [0, 0.1) is 10.2 Å². The summed E-state index contributed by atoms with van der Waals surface area (Å²) in [6, 6.07) is 4.38. The van der Waals surface area contributed by atoms with Crippen LogP contribution in [0.2, 0.25) is 0 Å². The second-order valence-electron chi connectivity index (χ2n) is 4.53. The number of fused-ring (bicyclic) bond motifs is 1. The van der Waals surface area contributed by atoms with Crippen molar-refractivity contribution in [3.05, 3.63) is 29.2 Å². The molecule has 1 aromatic rings. The van der Waals surface area contributed by atoms with E-state index in [4.69, 9.17) is 23.1 Å². The monoisotopic (exact) mass is 276 g/mol. The maximum absolute atomic E-state index is 8.49.